The largest absolute Gasteiger partial charge is 0.467 e. The van der Waals surface area contributed by atoms with Crippen molar-refractivity contribution in [3.63, 3.8) is 0 Å². The lowest BCUT2D eigenvalue weighted by Gasteiger charge is -2.31. The molecule has 0 spiro atoms. The molecule has 32 heavy (non-hydrogen) atoms. The summed E-state index contributed by atoms with van der Waals surface area (Å²) >= 11 is 1.08. The number of benzene rings is 2. The molecule has 0 aliphatic carbocycles. The summed E-state index contributed by atoms with van der Waals surface area (Å²) in [5.41, 5.74) is 3.62. The number of nitrogens with one attached hydrogen (secondary N) is 1. The first-order chi connectivity index (χ1) is 15.6. The Hall–Kier alpha value is -3.78. The number of hydrogen-bond acceptors (Lipinski definition) is 6. The van der Waals surface area contributed by atoms with Gasteiger partial charge in [-0.15, -0.1) is 5.10 Å². The van der Waals surface area contributed by atoms with Crippen LogP contribution in [0.5, 0.6) is 0 Å². The quantitative estimate of drug-likeness (QED) is 0.453. The fourth-order valence-corrected chi connectivity index (χ4v) is 3.88. The molecule has 4 rings (SSSR count). The second-order valence-electron chi connectivity index (χ2n) is 7.31. The van der Waals surface area contributed by atoms with Crippen LogP contribution >= 0.6 is 11.5 Å². The van der Waals surface area contributed by atoms with Crippen molar-refractivity contribution in [2.75, 3.05) is 4.90 Å². The summed E-state index contributed by atoms with van der Waals surface area (Å²) in [6.07, 6.45) is 1.49. The van der Waals surface area contributed by atoms with E-state index < -0.39 is 11.9 Å². The lowest BCUT2D eigenvalue weighted by Crippen LogP contribution is -2.44. The zero-order chi connectivity index (χ0) is 22.5. The Labute approximate surface area is 189 Å². The summed E-state index contributed by atoms with van der Waals surface area (Å²) in [5.74, 6) is -0.432. The van der Waals surface area contributed by atoms with Crippen LogP contribution in [0.25, 0.3) is 0 Å². The minimum atomic E-state index is -1.02. The maximum atomic E-state index is 13.6. The third kappa shape index (κ3) is 4.45. The maximum Gasteiger partial charge on any atom is 0.280 e. The molecule has 2 heterocycles. The lowest BCUT2D eigenvalue weighted by molar-refractivity contribution is -0.123. The number of hydrogen-bond donors (Lipinski definition) is 1. The minimum absolute atomic E-state index is 0.170. The van der Waals surface area contributed by atoms with Gasteiger partial charge in [-0.3, -0.25) is 14.5 Å². The Morgan fingerprint density at radius 3 is 2.56 bits per heavy atom. The van der Waals surface area contributed by atoms with Crippen molar-refractivity contribution in [3.8, 4) is 0 Å². The Kier molecular flexibility index (Phi) is 6.42. The van der Waals surface area contributed by atoms with Gasteiger partial charge >= 0.3 is 0 Å². The summed E-state index contributed by atoms with van der Waals surface area (Å²) in [5, 5.41) is 8.46. The number of rotatable bonds is 7. The van der Waals surface area contributed by atoms with Crippen LogP contribution in [0.4, 0.5) is 5.69 Å². The van der Waals surface area contributed by atoms with Crippen molar-refractivity contribution in [1.29, 1.82) is 0 Å². The van der Waals surface area contributed by atoms with E-state index in [2.05, 4.69) is 14.9 Å². The minimum Gasteiger partial charge on any atom is -0.467 e. The molecule has 2 aromatic heterocycles. The van der Waals surface area contributed by atoms with Crippen molar-refractivity contribution < 1.29 is 14.0 Å². The molecule has 0 bridgehead atoms. The maximum absolute atomic E-state index is 13.6. The number of carbonyl (C=O) groups is 2. The van der Waals surface area contributed by atoms with Gasteiger partial charge in [-0.25, -0.2) is 0 Å². The van der Waals surface area contributed by atoms with Crippen molar-refractivity contribution in [2.24, 2.45) is 0 Å². The van der Waals surface area contributed by atoms with Gasteiger partial charge in [0.1, 0.15) is 5.76 Å². The molecule has 0 fully saturated rings. The molecule has 8 heteroatoms. The number of nitrogens with zero attached hydrogens (tertiary/aromatic N) is 3. The first kappa shape index (κ1) is 21.5. The molecule has 7 nitrogen and oxygen atoms in total. The Balaban J connectivity index is 1.77. The van der Waals surface area contributed by atoms with E-state index in [1.165, 1.54) is 11.2 Å². The number of furan rings is 1. The molecule has 0 saturated carbocycles. The van der Waals surface area contributed by atoms with E-state index >= 15 is 0 Å². The Morgan fingerprint density at radius 2 is 1.88 bits per heavy atom. The number of carbonyl (C=O) groups excluding carboxylic acids is 2. The first-order valence-electron chi connectivity index (χ1n) is 10.1. The van der Waals surface area contributed by atoms with E-state index in [1.54, 1.807) is 17.5 Å². The third-order valence-electron chi connectivity index (χ3n) is 5.26. The van der Waals surface area contributed by atoms with Crippen LogP contribution in [0.2, 0.25) is 0 Å². The Bertz CT molecular complexity index is 1190. The predicted molar refractivity (Wildman–Crippen MR) is 122 cm³/mol. The van der Waals surface area contributed by atoms with E-state index in [4.69, 9.17) is 4.42 Å². The zero-order valence-electron chi connectivity index (χ0n) is 17.7. The standard InChI is InChI=1S/C24H22N4O3S/c1-16-8-6-11-20(17(16)2)28(24(30)19-15-32-27-26-19)22(21-12-7-13-31-21)23(29)25-14-18-9-4-3-5-10-18/h3-13,15,22H,14H2,1-2H3,(H,25,29)/t22-/m1/s1. The molecule has 0 unspecified atom stereocenters. The van der Waals surface area contributed by atoms with E-state index in [9.17, 15) is 9.59 Å². The van der Waals surface area contributed by atoms with Crippen LogP contribution in [0.3, 0.4) is 0 Å². The van der Waals surface area contributed by atoms with E-state index in [0.717, 1.165) is 28.2 Å². The number of aryl methyl sites for hydroxylation is 1. The Morgan fingerprint density at radius 1 is 1.06 bits per heavy atom. The molecule has 0 aliphatic rings. The molecule has 0 radical (unpaired) electrons. The molecule has 0 saturated heterocycles. The smallest absolute Gasteiger partial charge is 0.280 e. The average molecular weight is 447 g/mol. The highest BCUT2D eigenvalue weighted by Gasteiger charge is 2.37. The summed E-state index contributed by atoms with van der Waals surface area (Å²) in [4.78, 5) is 28.5. The normalized spacial score (nSPS) is 11.7. The van der Waals surface area contributed by atoms with Crippen molar-refractivity contribution in [1.82, 2.24) is 14.9 Å². The summed E-state index contributed by atoms with van der Waals surface area (Å²) in [6.45, 7) is 4.21. The van der Waals surface area contributed by atoms with Gasteiger partial charge < -0.3 is 9.73 Å². The average Bonchev–Trinajstić information content (AvgIpc) is 3.53. The molecule has 4 aromatic rings. The number of aromatic nitrogens is 2. The van der Waals surface area contributed by atoms with Gasteiger partial charge in [-0.05, 0) is 60.3 Å². The van der Waals surface area contributed by atoms with Gasteiger partial charge in [0.05, 0.1) is 6.26 Å². The molecular weight excluding hydrogens is 424 g/mol. The molecule has 0 aliphatic heterocycles. The van der Waals surface area contributed by atoms with Crippen LogP contribution in [0, 0.1) is 13.8 Å². The second-order valence-corrected chi connectivity index (χ2v) is 7.92. The molecule has 162 valence electrons. The van der Waals surface area contributed by atoms with Crippen molar-refractivity contribution in [3.05, 3.63) is 100 Å². The highest BCUT2D eigenvalue weighted by molar-refractivity contribution is 7.03. The fourth-order valence-electron chi connectivity index (χ4n) is 3.45. The highest BCUT2D eigenvalue weighted by atomic mass is 32.1. The number of amides is 2. The van der Waals surface area contributed by atoms with Crippen LogP contribution < -0.4 is 10.2 Å². The van der Waals surface area contributed by atoms with Crippen LogP contribution in [0.1, 0.15) is 39.0 Å². The molecule has 1 atom stereocenters. The van der Waals surface area contributed by atoms with Crippen LogP contribution in [-0.2, 0) is 11.3 Å². The first-order valence-corrected chi connectivity index (χ1v) is 10.9. The van der Waals surface area contributed by atoms with Gasteiger partial charge in [0.25, 0.3) is 11.8 Å². The molecule has 2 aromatic carbocycles. The van der Waals surface area contributed by atoms with Gasteiger partial charge in [-0.1, -0.05) is 47.0 Å². The van der Waals surface area contributed by atoms with Crippen molar-refractivity contribution >= 4 is 29.0 Å². The monoisotopic (exact) mass is 446 g/mol. The molecular formula is C24H22N4O3S. The molecule has 1 N–H and O–H groups in total. The fraction of sp³-hybridized carbons (Fsp3) is 0.167. The van der Waals surface area contributed by atoms with Crippen molar-refractivity contribution in [2.45, 2.75) is 26.4 Å². The lowest BCUT2D eigenvalue weighted by atomic mass is 10.0. The van der Waals surface area contributed by atoms with Crippen LogP contribution in [-0.4, -0.2) is 21.4 Å². The van der Waals surface area contributed by atoms with Gasteiger partial charge in [0.15, 0.2) is 11.7 Å². The van der Waals surface area contributed by atoms with Gasteiger partial charge in [-0.2, -0.15) is 0 Å². The van der Waals surface area contributed by atoms with Gasteiger partial charge in [0, 0.05) is 17.6 Å². The topological polar surface area (TPSA) is 88.3 Å². The zero-order valence-corrected chi connectivity index (χ0v) is 18.5. The second kappa shape index (κ2) is 9.57. The predicted octanol–water partition coefficient (Wildman–Crippen LogP) is 4.45. The van der Waals surface area contributed by atoms with Gasteiger partial charge in [0.2, 0.25) is 0 Å². The summed E-state index contributed by atoms with van der Waals surface area (Å²) in [6, 6.07) is 17.6. The van der Waals surface area contributed by atoms with E-state index in [-0.39, 0.29) is 11.6 Å². The summed E-state index contributed by atoms with van der Waals surface area (Å²) < 4.78 is 9.44. The van der Waals surface area contributed by atoms with E-state index in [0.29, 0.717) is 18.0 Å². The number of anilines is 1. The SMILES string of the molecule is Cc1cccc(N(C(=O)c2csnn2)[C@@H](C(=O)NCc2ccccc2)c2ccco2)c1C. The molecule has 2 amide bonds. The third-order valence-corrected chi connectivity index (χ3v) is 5.77. The highest BCUT2D eigenvalue weighted by Crippen LogP contribution is 2.33. The summed E-state index contributed by atoms with van der Waals surface area (Å²) in [7, 11) is 0. The van der Waals surface area contributed by atoms with Crippen LogP contribution in [0.15, 0.2) is 76.7 Å². The van der Waals surface area contributed by atoms with E-state index in [1.807, 2.05) is 62.4 Å².